The highest BCUT2D eigenvalue weighted by Crippen LogP contribution is 2.22. The van der Waals surface area contributed by atoms with Crippen molar-refractivity contribution in [1.82, 2.24) is 14.6 Å². The number of hydrogen-bond acceptors (Lipinski definition) is 7. The normalized spacial score (nSPS) is 10.6. The number of carbonyl (C=O) groups is 1. The average molecular weight is 335 g/mol. The number of benzene rings is 1. The number of nitrogens with zero attached hydrogens (tertiary/aromatic N) is 3. The van der Waals surface area contributed by atoms with Crippen LogP contribution in [0.15, 0.2) is 30.5 Å². The molecule has 0 saturated carbocycles. The number of aromatic nitrogens is 3. The van der Waals surface area contributed by atoms with Gasteiger partial charge >= 0.3 is 0 Å². The highest BCUT2D eigenvalue weighted by Gasteiger charge is 2.16. The third kappa shape index (κ3) is 3.26. The minimum Gasteiger partial charge on any atom is -0.387 e. The molecule has 3 N–H and O–H groups in total. The van der Waals surface area contributed by atoms with Crippen molar-refractivity contribution < 1.29 is 9.18 Å². The summed E-state index contributed by atoms with van der Waals surface area (Å²) in [4.78, 5) is 17.0. The molecule has 9 heteroatoms. The molecule has 3 rings (SSSR count). The van der Waals surface area contributed by atoms with E-state index in [1.807, 2.05) is 0 Å². The van der Waals surface area contributed by atoms with Crippen LogP contribution >= 0.6 is 22.9 Å². The van der Waals surface area contributed by atoms with Gasteiger partial charge in [0.05, 0.1) is 0 Å². The van der Waals surface area contributed by atoms with Gasteiger partial charge in [0.15, 0.2) is 10.8 Å². The molecule has 0 fully saturated rings. The molecule has 0 radical (unpaired) electrons. The van der Waals surface area contributed by atoms with E-state index in [2.05, 4.69) is 19.9 Å². The van der Waals surface area contributed by atoms with E-state index in [0.29, 0.717) is 11.6 Å². The molecular formula is C13H10FN5OS2. The maximum atomic E-state index is 12.9. The van der Waals surface area contributed by atoms with E-state index in [4.69, 9.17) is 5.73 Å². The van der Waals surface area contributed by atoms with Gasteiger partial charge < -0.3 is 5.73 Å². The molecule has 2 heterocycles. The van der Waals surface area contributed by atoms with Gasteiger partial charge in [0.25, 0.3) is 5.91 Å². The van der Waals surface area contributed by atoms with Crippen LogP contribution in [0.5, 0.6) is 0 Å². The summed E-state index contributed by atoms with van der Waals surface area (Å²) in [5.41, 5.74) is 6.67. The molecule has 0 unspecified atom stereocenters. The van der Waals surface area contributed by atoms with Crippen LogP contribution in [0, 0.1) is 5.82 Å². The van der Waals surface area contributed by atoms with Crippen LogP contribution in [0.4, 0.5) is 14.5 Å². The van der Waals surface area contributed by atoms with Gasteiger partial charge in [0, 0.05) is 29.0 Å². The monoisotopic (exact) mass is 335 g/mol. The Morgan fingerprint density at radius 1 is 1.32 bits per heavy atom. The summed E-state index contributed by atoms with van der Waals surface area (Å²) in [6.45, 7) is 0. The Morgan fingerprint density at radius 2 is 2.09 bits per heavy atom. The Labute approximate surface area is 133 Å². The van der Waals surface area contributed by atoms with Crippen molar-refractivity contribution in [2.45, 2.75) is 6.42 Å². The highest BCUT2D eigenvalue weighted by atomic mass is 32.1. The van der Waals surface area contributed by atoms with Gasteiger partial charge in [-0.05, 0) is 17.7 Å². The fourth-order valence-corrected chi connectivity index (χ4v) is 3.03. The van der Waals surface area contributed by atoms with Gasteiger partial charge in [0.2, 0.25) is 0 Å². The molecule has 112 valence electrons. The van der Waals surface area contributed by atoms with Crippen LogP contribution in [0.25, 0.3) is 0 Å². The second-order valence-corrected chi connectivity index (χ2v) is 6.28. The second-order valence-electron chi connectivity index (χ2n) is 4.37. The third-order valence-corrected chi connectivity index (χ3v) is 4.26. The van der Waals surface area contributed by atoms with E-state index >= 15 is 0 Å². The van der Waals surface area contributed by atoms with Gasteiger partial charge in [0.1, 0.15) is 10.8 Å². The smallest absolute Gasteiger partial charge is 0.281 e. The van der Waals surface area contributed by atoms with E-state index in [-0.39, 0.29) is 16.5 Å². The summed E-state index contributed by atoms with van der Waals surface area (Å²) in [6, 6.07) is 6.26. The molecular weight excluding hydrogens is 325 g/mol. The van der Waals surface area contributed by atoms with Crippen molar-refractivity contribution in [2.24, 2.45) is 0 Å². The second kappa shape index (κ2) is 6.16. The number of halogens is 1. The first-order valence-electron chi connectivity index (χ1n) is 6.20. The molecule has 0 atom stereocenters. The minimum absolute atomic E-state index is 0.0975. The van der Waals surface area contributed by atoms with Crippen molar-refractivity contribution in [3.8, 4) is 0 Å². The largest absolute Gasteiger partial charge is 0.387 e. The van der Waals surface area contributed by atoms with Crippen LogP contribution in [0.1, 0.15) is 20.9 Å². The summed E-state index contributed by atoms with van der Waals surface area (Å²) < 4.78 is 16.5. The Bertz CT molecular complexity index is 799. The van der Waals surface area contributed by atoms with Crippen molar-refractivity contribution in [3.63, 3.8) is 0 Å². The van der Waals surface area contributed by atoms with Crippen LogP contribution < -0.4 is 11.1 Å². The maximum Gasteiger partial charge on any atom is 0.281 e. The zero-order valence-electron chi connectivity index (χ0n) is 11.1. The van der Waals surface area contributed by atoms with Crippen molar-refractivity contribution in [2.75, 3.05) is 11.1 Å². The molecule has 0 saturated heterocycles. The van der Waals surface area contributed by atoms with E-state index < -0.39 is 5.91 Å². The molecule has 1 amide bonds. The lowest BCUT2D eigenvalue weighted by Gasteiger charge is -1.99. The van der Waals surface area contributed by atoms with Crippen LogP contribution in [0.3, 0.4) is 0 Å². The zero-order chi connectivity index (χ0) is 15.5. The molecule has 1 aromatic carbocycles. The zero-order valence-corrected chi connectivity index (χ0v) is 12.7. The van der Waals surface area contributed by atoms with Gasteiger partial charge in [-0.25, -0.2) is 9.37 Å². The number of carbonyl (C=O) groups excluding carboxylic acids is 1. The van der Waals surface area contributed by atoms with E-state index in [1.165, 1.54) is 23.5 Å². The maximum absolute atomic E-state index is 12.9. The van der Waals surface area contributed by atoms with Crippen LogP contribution in [-0.4, -0.2) is 20.5 Å². The molecule has 0 spiro atoms. The Morgan fingerprint density at radius 3 is 2.77 bits per heavy atom. The summed E-state index contributed by atoms with van der Waals surface area (Å²) in [6.07, 6.45) is 2.29. The number of amides is 1. The summed E-state index contributed by atoms with van der Waals surface area (Å²) in [5, 5.41) is 7.02. The molecule has 0 aliphatic heterocycles. The Kier molecular flexibility index (Phi) is 4.07. The molecule has 0 aliphatic carbocycles. The molecule has 6 nitrogen and oxygen atoms in total. The first-order valence-corrected chi connectivity index (χ1v) is 7.79. The SMILES string of the molecule is Nc1snnc1C(=O)Nc1ncc(Cc2ccc(F)cc2)s1. The lowest BCUT2D eigenvalue weighted by Crippen LogP contribution is -2.13. The van der Waals surface area contributed by atoms with E-state index in [9.17, 15) is 9.18 Å². The first kappa shape index (κ1) is 14.5. The number of nitrogen functional groups attached to an aromatic ring is 1. The number of hydrogen-bond donors (Lipinski definition) is 2. The molecule has 0 bridgehead atoms. The third-order valence-electron chi connectivity index (χ3n) is 2.79. The lowest BCUT2D eigenvalue weighted by molar-refractivity contribution is 0.102. The van der Waals surface area contributed by atoms with Crippen LogP contribution in [0.2, 0.25) is 0 Å². The average Bonchev–Trinajstić information content (AvgIpc) is 3.10. The minimum atomic E-state index is -0.436. The van der Waals surface area contributed by atoms with Gasteiger partial charge in [-0.1, -0.05) is 16.6 Å². The number of anilines is 2. The summed E-state index contributed by atoms with van der Waals surface area (Å²) >= 11 is 2.30. The lowest BCUT2D eigenvalue weighted by atomic mass is 10.1. The van der Waals surface area contributed by atoms with Gasteiger partial charge in [-0.2, -0.15) is 0 Å². The van der Waals surface area contributed by atoms with E-state index in [1.54, 1.807) is 18.3 Å². The van der Waals surface area contributed by atoms with Gasteiger partial charge in [-0.15, -0.1) is 16.4 Å². The predicted molar refractivity (Wildman–Crippen MR) is 83.6 cm³/mol. The topological polar surface area (TPSA) is 93.8 Å². The molecule has 2 aromatic heterocycles. The Hall–Kier alpha value is -2.39. The van der Waals surface area contributed by atoms with Crippen molar-refractivity contribution in [3.05, 3.63) is 52.4 Å². The van der Waals surface area contributed by atoms with Crippen molar-refractivity contribution >= 4 is 38.9 Å². The highest BCUT2D eigenvalue weighted by molar-refractivity contribution is 7.15. The summed E-state index contributed by atoms with van der Waals surface area (Å²) in [7, 11) is 0. The van der Waals surface area contributed by atoms with Crippen LogP contribution in [-0.2, 0) is 6.42 Å². The fraction of sp³-hybridized carbons (Fsp3) is 0.0769. The number of nitrogens with two attached hydrogens (primary N) is 1. The Balaban J connectivity index is 1.67. The quantitative estimate of drug-likeness (QED) is 0.764. The molecule has 0 aliphatic rings. The first-order chi connectivity index (χ1) is 10.6. The standard InChI is InChI=1S/C13H10FN5OS2/c14-8-3-1-7(2-4-8)5-9-6-16-13(21-9)17-12(20)10-11(15)22-19-18-10/h1-4,6H,5,15H2,(H,16,17,20). The molecule has 22 heavy (non-hydrogen) atoms. The summed E-state index contributed by atoms with van der Waals surface area (Å²) in [5.74, 6) is -0.704. The molecule has 3 aromatic rings. The predicted octanol–water partition coefficient (Wildman–Crippen LogP) is 2.56. The number of nitrogens with one attached hydrogen (secondary N) is 1. The van der Waals surface area contributed by atoms with Crippen molar-refractivity contribution in [1.29, 1.82) is 0 Å². The fourth-order valence-electron chi connectivity index (χ4n) is 1.76. The number of rotatable bonds is 4. The number of thiazole rings is 1. The van der Waals surface area contributed by atoms with Gasteiger partial charge in [-0.3, -0.25) is 10.1 Å². The van der Waals surface area contributed by atoms with E-state index in [0.717, 1.165) is 22.0 Å².